The summed E-state index contributed by atoms with van der Waals surface area (Å²) in [5, 5.41) is 5.18. The monoisotopic (exact) mass is 272 g/mol. The van der Waals surface area contributed by atoms with Crippen molar-refractivity contribution in [1.82, 2.24) is 19.7 Å². The lowest BCUT2D eigenvalue weighted by Crippen LogP contribution is -1.98. The summed E-state index contributed by atoms with van der Waals surface area (Å²) < 4.78 is 7.76. The van der Waals surface area contributed by atoms with Crippen LogP contribution in [0.1, 0.15) is 6.92 Å². The highest BCUT2D eigenvalue weighted by atomic mass is 32.1. The lowest BCUT2D eigenvalue weighted by molar-refractivity contribution is 0.340. The zero-order valence-corrected chi connectivity index (χ0v) is 11.1. The van der Waals surface area contributed by atoms with Crippen molar-refractivity contribution in [2.75, 3.05) is 6.61 Å². The summed E-state index contributed by atoms with van der Waals surface area (Å²) in [6.45, 7) is 2.62. The summed E-state index contributed by atoms with van der Waals surface area (Å²) in [6.07, 6.45) is 3.30. The lowest BCUT2D eigenvalue weighted by Gasteiger charge is -2.06. The van der Waals surface area contributed by atoms with Gasteiger partial charge in [0.25, 0.3) is 0 Å². The Hall–Kier alpha value is -2.21. The second-order valence-electron chi connectivity index (χ2n) is 3.95. The van der Waals surface area contributed by atoms with Crippen LogP contribution in [0.25, 0.3) is 16.7 Å². The van der Waals surface area contributed by atoms with Crippen LogP contribution in [0.4, 0.5) is 0 Å². The number of hydrogen-bond acceptors (Lipinski definition) is 4. The number of fused-ring (bicyclic) bond motifs is 1. The average Bonchev–Trinajstić information content (AvgIpc) is 2.85. The van der Waals surface area contributed by atoms with Gasteiger partial charge < -0.3 is 9.72 Å². The van der Waals surface area contributed by atoms with Crippen LogP contribution in [-0.2, 0) is 0 Å². The summed E-state index contributed by atoms with van der Waals surface area (Å²) in [4.78, 5) is 7.11. The van der Waals surface area contributed by atoms with Crippen LogP contribution in [-0.4, -0.2) is 26.4 Å². The second-order valence-corrected chi connectivity index (χ2v) is 4.34. The van der Waals surface area contributed by atoms with Gasteiger partial charge in [0.05, 0.1) is 30.2 Å². The zero-order valence-electron chi connectivity index (χ0n) is 10.3. The quantitative estimate of drug-likeness (QED) is 0.745. The number of benzene rings is 1. The molecule has 0 amide bonds. The Bertz CT molecular complexity index is 760. The van der Waals surface area contributed by atoms with Crippen molar-refractivity contribution in [2.45, 2.75) is 6.92 Å². The van der Waals surface area contributed by atoms with E-state index in [1.165, 1.54) is 0 Å². The molecular formula is C13H12N4OS. The molecule has 2 heterocycles. The molecule has 0 spiro atoms. The molecule has 5 nitrogen and oxygen atoms in total. The first kappa shape index (κ1) is 11.9. The van der Waals surface area contributed by atoms with E-state index in [0.717, 1.165) is 22.5 Å². The first-order valence-electron chi connectivity index (χ1n) is 5.94. The van der Waals surface area contributed by atoms with Crippen LogP contribution in [0.15, 0.2) is 36.8 Å². The molecule has 3 aromatic rings. The molecule has 0 radical (unpaired) electrons. The molecule has 0 atom stereocenters. The van der Waals surface area contributed by atoms with Crippen molar-refractivity contribution < 1.29 is 4.74 Å². The number of rotatable bonds is 3. The maximum atomic E-state index is 5.42. The van der Waals surface area contributed by atoms with Crippen LogP contribution in [0.5, 0.6) is 5.75 Å². The highest BCUT2D eigenvalue weighted by Gasteiger charge is 2.06. The standard InChI is InChI=1S/C13H12N4OS/c1-2-18-10-5-3-9(4-6-10)17-12-11(7-16-17)13(19)15-8-14-12/h3-8H,2H2,1H3,(H,14,15,19). The molecule has 3 rings (SSSR count). The molecule has 2 aromatic heterocycles. The van der Waals surface area contributed by atoms with E-state index in [2.05, 4.69) is 15.1 Å². The van der Waals surface area contributed by atoms with Crippen molar-refractivity contribution in [3.05, 3.63) is 41.4 Å². The van der Waals surface area contributed by atoms with Gasteiger partial charge >= 0.3 is 0 Å². The average molecular weight is 272 g/mol. The third-order valence-corrected chi connectivity index (χ3v) is 3.10. The number of ether oxygens (including phenoxy) is 1. The highest BCUT2D eigenvalue weighted by Crippen LogP contribution is 2.19. The molecule has 19 heavy (non-hydrogen) atoms. The molecule has 96 valence electrons. The Morgan fingerprint density at radius 1 is 1.32 bits per heavy atom. The molecule has 0 bridgehead atoms. The van der Waals surface area contributed by atoms with E-state index in [1.54, 1.807) is 17.2 Å². The predicted octanol–water partition coefficient (Wildman–Crippen LogP) is 2.88. The van der Waals surface area contributed by atoms with Crippen LogP contribution in [0.3, 0.4) is 0 Å². The van der Waals surface area contributed by atoms with Crippen molar-refractivity contribution in [1.29, 1.82) is 0 Å². The zero-order chi connectivity index (χ0) is 13.2. The van der Waals surface area contributed by atoms with Crippen LogP contribution < -0.4 is 4.74 Å². The Morgan fingerprint density at radius 3 is 2.84 bits per heavy atom. The van der Waals surface area contributed by atoms with Crippen LogP contribution in [0, 0.1) is 4.64 Å². The number of H-pyrrole nitrogens is 1. The second kappa shape index (κ2) is 4.81. The number of aromatic amines is 1. The summed E-state index contributed by atoms with van der Waals surface area (Å²) in [5.74, 6) is 0.845. The fraction of sp³-hybridized carbons (Fsp3) is 0.154. The van der Waals surface area contributed by atoms with Gasteiger partial charge in [0.2, 0.25) is 0 Å². The minimum atomic E-state index is 0.547. The van der Waals surface area contributed by atoms with E-state index in [9.17, 15) is 0 Å². The van der Waals surface area contributed by atoms with Gasteiger partial charge in [-0.3, -0.25) is 0 Å². The minimum Gasteiger partial charge on any atom is -0.494 e. The topological polar surface area (TPSA) is 55.7 Å². The molecular weight excluding hydrogens is 260 g/mol. The van der Waals surface area contributed by atoms with E-state index in [0.29, 0.717) is 11.2 Å². The summed E-state index contributed by atoms with van der Waals surface area (Å²) in [5.41, 5.74) is 1.78. The Labute approximate surface area is 114 Å². The summed E-state index contributed by atoms with van der Waals surface area (Å²) in [6, 6.07) is 7.74. The third kappa shape index (κ3) is 2.10. The molecule has 1 N–H and O–H groups in total. The normalized spacial score (nSPS) is 10.8. The van der Waals surface area contributed by atoms with Crippen LogP contribution >= 0.6 is 12.2 Å². The molecule has 1 aromatic carbocycles. The first-order valence-corrected chi connectivity index (χ1v) is 6.35. The van der Waals surface area contributed by atoms with Crippen molar-refractivity contribution in [3.63, 3.8) is 0 Å². The Balaban J connectivity index is 2.09. The fourth-order valence-electron chi connectivity index (χ4n) is 1.91. The van der Waals surface area contributed by atoms with Gasteiger partial charge in [-0.2, -0.15) is 5.10 Å². The molecule has 0 aliphatic heterocycles. The molecule has 0 saturated carbocycles. The molecule has 0 aliphatic carbocycles. The number of aromatic nitrogens is 4. The Morgan fingerprint density at radius 2 is 2.11 bits per heavy atom. The van der Waals surface area contributed by atoms with Crippen molar-refractivity contribution in [3.8, 4) is 11.4 Å². The van der Waals surface area contributed by atoms with Gasteiger partial charge in [0.15, 0.2) is 0 Å². The van der Waals surface area contributed by atoms with Gasteiger partial charge in [-0.1, -0.05) is 12.2 Å². The van der Waals surface area contributed by atoms with E-state index in [4.69, 9.17) is 17.0 Å². The molecule has 0 aliphatic rings. The van der Waals surface area contributed by atoms with Crippen molar-refractivity contribution >= 4 is 23.3 Å². The maximum absolute atomic E-state index is 5.42. The number of nitrogens with one attached hydrogen (secondary N) is 1. The summed E-state index contributed by atoms with van der Waals surface area (Å²) in [7, 11) is 0. The van der Waals surface area contributed by atoms with E-state index >= 15 is 0 Å². The van der Waals surface area contributed by atoms with E-state index in [1.807, 2.05) is 31.2 Å². The minimum absolute atomic E-state index is 0.547. The van der Waals surface area contributed by atoms with Crippen LogP contribution in [0.2, 0.25) is 0 Å². The SMILES string of the molecule is CCOc1ccc(-n2ncc3c(=S)nc[nH]c32)cc1. The maximum Gasteiger partial charge on any atom is 0.145 e. The van der Waals surface area contributed by atoms with Gasteiger partial charge in [-0.05, 0) is 31.2 Å². The van der Waals surface area contributed by atoms with Gasteiger partial charge in [0.1, 0.15) is 16.0 Å². The van der Waals surface area contributed by atoms with Gasteiger partial charge in [0, 0.05) is 0 Å². The summed E-state index contributed by atoms with van der Waals surface area (Å²) >= 11 is 5.17. The lowest BCUT2D eigenvalue weighted by atomic mass is 10.3. The molecule has 0 saturated heterocycles. The van der Waals surface area contributed by atoms with Gasteiger partial charge in [-0.25, -0.2) is 9.67 Å². The van der Waals surface area contributed by atoms with Crippen molar-refractivity contribution in [2.24, 2.45) is 0 Å². The Kier molecular flexibility index (Phi) is 3.00. The first-order chi connectivity index (χ1) is 9.29. The molecule has 6 heteroatoms. The van der Waals surface area contributed by atoms with E-state index in [-0.39, 0.29) is 0 Å². The fourth-order valence-corrected chi connectivity index (χ4v) is 2.11. The highest BCUT2D eigenvalue weighted by molar-refractivity contribution is 7.71. The molecule has 0 unspecified atom stereocenters. The molecule has 0 fully saturated rings. The van der Waals surface area contributed by atoms with E-state index < -0.39 is 0 Å². The third-order valence-electron chi connectivity index (χ3n) is 2.78. The van der Waals surface area contributed by atoms with Gasteiger partial charge in [-0.15, -0.1) is 0 Å². The largest absolute Gasteiger partial charge is 0.494 e. The smallest absolute Gasteiger partial charge is 0.145 e. The predicted molar refractivity (Wildman–Crippen MR) is 75.2 cm³/mol. The number of nitrogens with zero attached hydrogens (tertiary/aromatic N) is 3. The number of hydrogen-bond donors (Lipinski definition) is 1.